The molecule has 2 heterocycles. The van der Waals surface area contributed by atoms with E-state index in [1.165, 1.54) is 0 Å². The average molecular weight is 294 g/mol. The van der Waals surface area contributed by atoms with Crippen molar-refractivity contribution < 1.29 is 4.79 Å². The van der Waals surface area contributed by atoms with Gasteiger partial charge in [0.1, 0.15) is 0 Å². The quantitative estimate of drug-likeness (QED) is 0.803. The molecule has 3 rings (SSSR count). The van der Waals surface area contributed by atoms with Crippen molar-refractivity contribution in [2.75, 3.05) is 5.32 Å². The van der Waals surface area contributed by atoms with Crippen LogP contribution in [0.1, 0.15) is 35.8 Å². The first-order valence-corrected chi connectivity index (χ1v) is 7.26. The Morgan fingerprint density at radius 2 is 2.05 bits per heavy atom. The Balaban J connectivity index is 1.86. The molecule has 0 spiro atoms. The maximum Gasteiger partial charge on any atom is 0.255 e. The Labute approximate surface area is 129 Å². The molecule has 1 N–H and O–H groups in total. The molecular formula is C17H18N4O. The molecule has 1 amide bonds. The molecule has 1 aromatic carbocycles. The molecule has 0 atom stereocenters. The number of anilines is 1. The Kier molecular flexibility index (Phi) is 3.63. The number of nitrogens with one attached hydrogen (secondary N) is 1. The standard InChI is InChI=1S/C17H18N4O/c1-11(2)21-16-14(9-19-21)8-15(10-18-16)20-17(22)13-6-4-5-12(3)7-13/h4-11H,1-3H3,(H,20,22). The lowest BCUT2D eigenvalue weighted by atomic mass is 10.1. The predicted octanol–water partition coefficient (Wildman–Crippen LogP) is 3.57. The van der Waals surface area contributed by atoms with Crippen LogP contribution < -0.4 is 5.32 Å². The summed E-state index contributed by atoms with van der Waals surface area (Å²) in [7, 11) is 0. The lowest BCUT2D eigenvalue weighted by Gasteiger charge is -2.08. The number of pyridine rings is 1. The van der Waals surface area contributed by atoms with Gasteiger partial charge < -0.3 is 5.32 Å². The molecule has 5 heteroatoms. The SMILES string of the molecule is Cc1cccc(C(=O)Nc2cnc3c(cnn3C(C)C)c2)c1. The summed E-state index contributed by atoms with van der Waals surface area (Å²) >= 11 is 0. The van der Waals surface area contributed by atoms with Crippen molar-refractivity contribution in [2.24, 2.45) is 0 Å². The van der Waals surface area contributed by atoms with E-state index < -0.39 is 0 Å². The monoisotopic (exact) mass is 294 g/mol. The third kappa shape index (κ3) is 2.70. The van der Waals surface area contributed by atoms with Crippen LogP contribution in [0.25, 0.3) is 11.0 Å². The Bertz CT molecular complexity index is 836. The predicted molar refractivity (Wildman–Crippen MR) is 87.0 cm³/mol. The minimum absolute atomic E-state index is 0.138. The molecule has 0 bridgehead atoms. The second-order valence-electron chi connectivity index (χ2n) is 5.64. The highest BCUT2D eigenvalue weighted by Crippen LogP contribution is 2.19. The number of benzene rings is 1. The number of rotatable bonds is 3. The van der Waals surface area contributed by atoms with Crippen molar-refractivity contribution in [3.63, 3.8) is 0 Å². The second kappa shape index (κ2) is 5.60. The summed E-state index contributed by atoms with van der Waals surface area (Å²) in [6.45, 7) is 6.08. The normalized spacial score (nSPS) is 11.1. The highest BCUT2D eigenvalue weighted by atomic mass is 16.1. The smallest absolute Gasteiger partial charge is 0.255 e. The number of aryl methyl sites for hydroxylation is 1. The van der Waals surface area contributed by atoms with Crippen LogP contribution in [0.15, 0.2) is 42.7 Å². The number of hydrogen-bond acceptors (Lipinski definition) is 3. The highest BCUT2D eigenvalue weighted by Gasteiger charge is 2.10. The number of fused-ring (bicyclic) bond motifs is 1. The van der Waals surface area contributed by atoms with Gasteiger partial charge in [0, 0.05) is 17.0 Å². The van der Waals surface area contributed by atoms with Gasteiger partial charge in [0.2, 0.25) is 0 Å². The number of carbonyl (C=O) groups is 1. The van der Waals surface area contributed by atoms with E-state index in [1.807, 2.05) is 35.9 Å². The van der Waals surface area contributed by atoms with Crippen LogP contribution in [0.4, 0.5) is 5.69 Å². The van der Waals surface area contributed by atoms with E-state index in [9.17, 15) is 4.79 Å². The lowest BCUT2D eigenvalue weighted by Crippen LogP contribution is -2.12. The Hall–Kier alpha value is -2.69. The van der Waals surface area contributed by atoms with Crippen LogP contribution in [0, 0.1) is 6.92 Å². The summed E-state index contributed by atoms with van der Waals surface area (Å²) in [5.41, 5.74) is 3.18. The van der Waals surface area contributed by atoms with E-state index in [0.717, 1.165) is 16.6 Å². The molecule has 0 aliphatic rings. The van der Waals surface area contributed by atoms with Crippen molar-refractivity contribution in [3.05, 3.63) is 53.9 Å². The summed E-state index contributed by atoms with van der Waals surface area (Å²) in [6.07, 6.45) is 3.43. The fourth-order valence-corrected chi connectivity index (χ4v) is 2.38. The van der Waals surface area contributed by atoms with Crippen LogP contribution >= 0.6 is 0 Å². The fraction of sp³-hybridized carbons (Fsp3) is 0.235. The first-order chi connectivity index (χ1) is 10.5. The van der Waals surface area contributed by atoms with Gasteiger partial charge in [-0.3, -0.25) is 4.79 Å². The van der Waals surface area contributed by atoms with Crippen LogP contribution in [0.3, 0.4) is 0 Å². The van der Waals surface area contributed by atoms with Crippen LogP contribution in [0.5, 0.6) is 0 Å². The van der Waals surface area contributed by atoms with Gasteiger partial charge in [0.15, 0.2) is 5.65 Å². The number of aromatic nitrogens is 3. The molecule has 0 fully saturated rings. The van der Waals surface area contributed by atoms with E-state index >= 15 is 0 Å². The van der Waals surface area contributed by atoms with Gasteiger partial charge in [-0.1, -0.05) is 17.7 Å². The molecule has 0 aliphatic heterocycles. The van der Waals surface area contributed by atoms with Gasteiger partial charge in [-0.15, -0.1) is 0 Å². The molecule has 0 radical (unpaired) electrons. The zero-order valence-electron chi connectivity index (χ0n) is 12.9. The van der Waals surface area contributed by atoms with Crippen molar-refractivity contribution in [1.29, 1.82) is 0 Å². The third-order valence-electron chi connectivity index (χ3n) is 3.46. The molecule has 112 valence electrons. The molecule has 2 aromatic heterocycles. The molecule has 22 heavy (non-hydrogen) atoms. The lowest BCUT2D eigenvalue weighted by molar-refractivity contribution is 0.102. The van der Waals surface area contributed by atoms with Gasteiger partial charge in [-0.05, 0) is 39.0 Å². The van der Waals surface area contributed by atoms with Crippen LogP contribution in [0.2, 0.25) is 0 Å². The summed E-state index contributed by atoms with van der Waals surface area (Å²) in [4.78, 5) is 16.7. The van der Waals surface area contributed by atoms with E-state index in [4.69, 9.17) is 0 Å². The number of carbonyl (C=O) groups excluding carboxylic acids is 1. The number of nitrogens with zero attached hydrogens (tertiary/aromatic N) is 3. The second-order valence-corrected chi connectivity index (χ2v) is 5.64. The minimum Gasteiger partial charge on any atom is -0.321 e. The zero-order valence-corrected chi connectivity index (χ0v) is 12.9. The molecule has 0 saturated carbocycles. The Morgan fingerprint density at radius 3 is 2.77 bits per heavy atom. The van der Waals surface area contributed by atoms with Crippen molar-refractivity contribution in [1.82, 2.24) is 14.8 Å². The van der Waals surface area contributed by atoms with Crippen molar-refractivity contribution >= 4 is 22.6 Å². The Morgan fingerprint density at radius 1 is 1.23 bits per heavy atom. The minimum atomic E-state index is -0.138. The first kappa shape index (κ1) is 14.3. The zero-order chi connectivity index (χ0) is 15.7. The van der Waals surface area contributed by atoms with Crippen LogP contribution in [-0.4, -0.2) is 20.7 Å². The number of amides is 1. The maximum atomic E-state index is 12.3. The van der Waals surface area contributed by atoms with Crippen molar-refractivity contribution in [2.45, 2.75) is 26.8 Å². The average Bonchev–Trinajstić information content (AvgIpc) is 2.90. The highest BCUT2D eigenvalue weighted by molar-refractivity contribution is 6.04. The molecule has 0 unspecified atom stereocenters. The van der Waals surface area contributed by atoms with Gasteiger partial charge >= 0.3 is 0 Å². The molecule has 0 aliphatic carbocycles. The van der Waals surface area contributed by atoms with Gasteiger partial charge in [0.25, 0.3) is 5.91 Å². The molecule has 0 saturated heterocycles. The summed E-state index contributed by atoms with van der Waals surface area (Å²) in [6, 6.07) is 9.63. The number of hydrogen-bond donors (Lipinski definition) is 1. The molecular weight excluding hydrogens is 276 g/mol. The largest absolute Gasteiger partial charge is 0.321 e. The van der Waals surface area contributed by atoms with E-state index in [0.29, 0.717) is 11.3 Å². The topological polar surface area (TPSA) is 59.8 Å². The molecule has 5 nitrogen and oxygen atoms in total. The molecule has 3 aromatic rings. The van der Waals surface area contributed by atoms with Gasteiger partial charge in [0.05, 0.1) is 18.1 Å². The summed E-state index contributed by atoms with van der Waals surface area (Å²) < 4.78 is 1.86. The fourth-order valence-electron chi connectivity index (χ4n) is 2.38. The van der Waals surface area contributed by atoms with E-state index in [1.54, 1.807) is 18.5 Å². The van der Waals surface area contributed by atoms with E-state index in [2.05, 4.69) is 29.2 Å². The first-order valence-electron chi connectivity index (χ1n) is 7.26. The van der Waals surface area contributed by atoms with Gasteiger partial charge in [-0.25, -0.2) is 9.67 Å². The van der Waals surface area contributed by atoms with Gasteiger partial charge in [-0.2, -0.15) is 5.10 Å². The summed E-state index contributed by atoms with van der Waals surface area (Å²) in [5, 5.41) is 8.12. The van der Waals surface area contributed by atoms with Crippen molar-refractivity contribution in [3.8, 4) is 0 Å². The van der Waals surface area contributed by atoms with Crippen LogP contribution in [-0.2, 0) is 0 Å². The van der Waals surface area contributed by atoms with E-state index in [-0.39, 0.29) is 11.9 Å². The third-order valence-corrected chi connectivity index (χ3v) is 3.46. The maximum absolute atomic E-state index is 12.3. The summed E-state index contributed by atoms with van der Waals surface area (Å²) in [5.74, 6) is -0.138.